The number of nitrogens with one attached hydrogen (secondary N) is 1. The number of nitrogens with zero attached hydrogens (tertiary/aromatic N) is 4. The van der Waals surface area contributed by atoms with Crippen molar-refractivity contribution in [1.29, 1.82) is 0 Å². The number of pyridine rings is 1. The second-order valence-electron chi connectivity index (χ2n) is 5.79. The third-order valence-electron chi connectivity index (χ3n) is 4.11. The zero-order valence-electron chi connectivity index (χ0n) is 13.2. The number of hydrogen-bond acceptors (Lipinski definition) is 5. The second-order valence-corrected chi connectivity index (χ2v) is 6.85. The molecule has 1 N–H and O–H groups in total. The van der Waals surface area contributed by atoms with Gasteiger partial charge in [0.1, 0.15) is 5.82 Å². The van der Waals surface area contributed by atoms with Crippen molar-refractivity contribution in [3.05, 3.63) is 35.4 Å². The van der Waals surface area contributed by atoms with Crippen LogP contribution in [-0.4, -0.2) is 38.6 Å². The summed E-state index contributed by atoms with van der Waals surface area (Å²) < 4.78 is 2.17. The molecule has 1 aliphatic heterocycles. The fraction of sp³-hybridized carbons (Fsp3) is 0.562. The van der Waals surface area contributed by atoms with Crippen LogP contribution >= 0.6 is 11.8 Å². The molecule has 1 fully saturated rings. The quantitative estimate of drug-likeness (QED) is 0.858. The van der Waals surface area contributed by atoms with E-state index >= 15 is 0 Å². The Balaban J connectivity index is 1.58. The summed E-state index contributed by atoms with van der Waals surface area (Å²) in [7, 11) is 2.09. The maximum absolute atomic E-state index is 4.54. The molecular formula is C16H23N5S. The first kappa shape index (κ1) is 15.5. The van der Waals surface area contributed by atoms with Gasteiger partial charge in [-0.15, -0.1) is 10.2 Å². The first-order chi connectivity index (χ1) is 10.7. The molecule has 0 amide bonds. The molecule has 0 spiro atoms. The average Bonchev–Trinajstić information content (AvgIpc) is 2.89. The molecule has 0 radical (unpaired) electrons. The van der Waals surface area contributed by atoms with Crippen molar-refractivity contribution in [3.63, 3.8) is 0 Å². The summed E-state index contributed by atoms with van der Waals surface area (Å²) in [6.07, 6.45) is 3.27. The number of aromatic nitrogens is 4. The van der Waals surface area contributed by atoms with E-state index in [1.165, 1.54) is 0 Å². The minimum Gasteiger partial charge on any atom is -0.317 e. The summed E-state index contributed by atoms with van der Waals surface area (Å²) in [6.45, 7) is 4.20. The summed E-state index contributed by atoms with van der Waals surface area (Å²) in [5.41, 5.74) is 2.22. The van der Waals surface area contributed by atoms with Gasteiger partial charge in [-0.3, -0.25) is 4.98 Å². The summed E-state index contributed by atoms with van der Waals surface area (Å²) in [5.74, 6) is 2.67. The van der Waals surface area contributed by atoms with Crippen LogP contribution in [0, 0.1) is 6.92 Å². The molecule has 2 aromatic heterocycles. The van der Waals surface area contributed by atoms with E-state index in [0.29, 0.717) is 5.92 Å². The zero-order chi connectivity index (χ0) is 15.4. The molecule has 2 aromatic rings. The minimum atomic E-state index is 0.548. The van der Waals surface area contributed by atoms with Crippen LogP contribution in [0.25, 0.3) is 0 Å². The molecule has 6 heteroatoms. The molecule has 0 atom stereocenters. The van der Waals surface area contributed by atoms with Crippen LogP contribution in [-0.2, 0) is 13.5 Å². The Morgan fingerprint density at radius 3 is 2.86 bits per heavy atom. The van der Waals surface area contributed by atoms with Gasteiger partial charge in [0.2, 0.25) is 0 Å². The largest absolute Gasteiger partial charge is 0.317 e. The van der Waals surface area contributed by atoms with Gasteiger partial charge in [0.05, 0.1) is 0 Å². The predicted octanol–water partition coefficient (Wildman–Crippen LogP) is 2.32. The molecule has 0 aliphatic carbocycles. The number of rotatable bonds is 5. The van der Waals surface area contributed by atoms with E-state index in [9.17, 15) is 0 Å². The van der Waals surface area contributed by atoms with Crippen molar-refractivity contribution in [3.8, 4) is 0 Å². The third-order valence-corrected chi connectivity index (χ3v) is 5.13. The van der Waals surface area contributed by atoms with Crippen LogP contribution in [0.2, 0.25) is 0 Å². The normalized spacial score (nSPS) is 16.1. The fourth-order valence-electron chi connectivity index (χ4n) is 2.87. The maximum atomic E-state index is 4.54. The van der Waals surface area contributed by atoms with E-state index in [1.807, 2.05) is 13.0 Å². The minimum absolute atomic E-state index is 0.548. The molecule has 5 nitrogen and oxygen atoms in total. The van der Waals surface area contributed by atoms with Crippen LogP contribution in [0.4, 0.5) is 0 Å². The zero-order valence-corrected chi connectivity index (χ0v) is 14.1. The second kappa shape index (κ2) is 7.24. The van der Waals surface area contributed by atoms with Gasteiger partial charge in [0.15, 0.2) is 5.16 Å². The molecule has 1 aliphatic rings. The first-order valence-corrected chi connectivity index (χ1v) is 8.88. The van der Waals surface area contributed by atoms with Crippen LogP contribution in [0.3, 0.4) is 0 Å². The monoisotopic (exact) mass is 317 g/mol. The molecular weight excluding hydrogens is 294 g/mol. The molecule has 0 unspecified atom stereocenters. The Kier molecular flexibility index (Phi) is 5.10. The number of piperidine rings is 1. The van der Waals surface area contributed by atoms with Crippen LogP contribution < -0.4 is 5.32 Å². The topological polar surface area (TPSA) is 55.6 Å². The van der Waals surface area contributed by atoms with Gasteiger partial charge in [0.25, 0.3) is 0 Å². The molecule has 1 saturated heterocycles. The molecule has 118 valence electrons. The summed E-state index contributed by atoms with van der Waals surface area (Å²) >= 11 is 1.77. The molecule has 0 saturated carbocycles. The average molecular weight is 317 g/mol. The fourth-order valence-corrected chi connectivity index (χ4v) is 3.75. The number of thioether (sulfide) groups is 1. The SMILES string of the molecule is Cc1cccc(CCSc2nnc(C3CCNCC3)n2C)n1. The van der Waals surface area contributed by atoms with Crippen molar-refractivity contribution in [1.82, 2.24) is 25.1 Å². The molecule has 3 rings (SSSR count). The lowest BCUT2D eigenvalue weighted by Crippen LogP contribution is -2.27. The molecule has 22 heavy (non-hydrogen) atoms. The van der Waals surface area contributed by atoms with Crippen molar-refractivity contribution in [2.24, 2.45) is 7.05 Å². The summed E-state index contributed by atoms with van der Waals surface area (Å²) in [4.78, 5) is 4.54. The first-order valence-electron chi connectivity index (χ1n) is 7.89. The smallest absolute Gasteiger partial charge is 0.190 e. The predicted molar refractivity (Wildman–Crippen MR) is 89.2 cm³/mol. The van der Waals surface area contributed by atoms with E-state index in [0.717, 1.165) is 60.5 Å². The highest BCUT2D eigenvalue weighted by atomic mass is 32.2. The molecule has 0 bridgehead atoms. The maximum Gasteiger partial charge on any atom is 0.190 e. The van der Waals surface area contributed by atoms with Gasteiger partial charge in [0, 0.05) is 30.1 Å². The van der Waals surface area contributed by atoms with Crippen LogP contribution in [0.1, 0.15) is 36.0 Å². The van der Waals surface area contributed by atoms with Crippen molar-refractivity contribution in [2.75, 3.05) is 18.8 Å². The Bertz CT molecular complexity index is 619. The van der Waals surface area contributed by atoms with Crippen LogP contribution in [0.15, 0.2) is 23.4 Å². The van der Waals surface area contributed by atoms with E-state index in [2.05, 4.69) is 44.2 Å². The van der Waals surface area contributed by atoms with Crippen molar-refractivity contribution in [2.45, 2.75) is 37.3 Å². The summed E-state index contributed by atoms with van der Waals surface area (Å²) in [6, 6.07) is 6.19. The van der Waals surface area contributed by atoms with Gasteiger partial charge >= 0.3 is 0 Å². The highest BCUT2D eigenvalue weighted by Crippen LogP contribution is 2.26. The van der Waals surface area contributed by atoms with Crippen molar-refractivity contribution < 1.29 is 0 Å². The van der Waals surface area contributed by atoms with Gasteiger partial charge in [-0.05, 0) is 51.4 Å². The van der Waals surface area contributed by atoms with Crippen LogP contribution in [0.5, 0.6) is 0 Å². The van der Waals surface area contributed by atoms with Gasteiger partial charge in [-0.1, -0.05) is 17.8 Å². The van der Waals surface area contributed by atoms with Gasteiger partial charge in [-0.2, -0.15) is 0 Å². The molecule has 0 aromatic carbocycles. The lowest BCUT2D eigenvalue weighted by Gasteiger charge is -2.21. The lowest BCUT2D eigenvalue weighted by molar-refractivity contribution is 0.434. The number of aryl methyl sites for hydroxylation is 2. The van der Waals surface area contributed by atoms with E-state index < -0.39 is 0 Å². The van der Waals surface area contributed by atoms with Gasteiger partial charge < -0.3 is 9.88 Å². The Hall–Kier alpha value is -1.40. The Morgan fingerprint density at radius 1 is 1.27 bits per heavy atom. The van der Waals surface area contributed by atoms with Gasteiger partial charge in [-0.25, -0.2) is 0 Å². The highest BCUT2D eigenvalue weighted by molar-refractivity contribution is 7.99. The Morgan fingerprint density at radius 2 is 2.09 bits per heavy atom. The van der Waals surface area contributed by atoms with E-state index in [4.69, 9.17) is 0 Å². The third kappa shape index (κ3) is 3.67. The number of hydrogen-bond donors (Lipinski definition) is 1. The highest BCUT2D eigenvalue weighted by Gasteiger charge is 2.21. The standard InChI is InChI=1S/C16H23N5S/c1-12-4-3-5-14(18-12)8-11-22-16-20-19-15(21(16)2)13-6-9-17-10-7-13/h3-5,13,17H,6-11H2,1-2H3. The molecule has 3 heterocycles. The lowest BCUT2D eigenvalue weighted by atomic mass is 9.97. The summed E-state index contributed by atoms with van der Waals surface area (Å²) in [5, 5.41) is 13.2. The van der Waals surface area contributed by atoms with Crippen molar-refractivity contribution >= 4 is 11.8 Å². The van der Waals surface area contributed by atoms with E-state index in [1.54, 1.807) is 11.8 Å². The van der Waals surface area contributed by atoms with E-state index in [-0.39, 0.29) is 0 Å². The Labute approximate surface area is 135 Å².